The molecule has 0 bridgehead atoms. The van der Waals surface area contributed by atoms with Gasteiger partial charge in [0.25, 0.3) is 0 Å². The molecule has 5 nitrogen and oxygen atoms in total. The number of carbonyl (C=O) groups is 1. The van der Waals surface area contributed by atoms with Gasteiger partial charge < -0.3 is 5.73 Å². The average Bonchev–Trinajstić information content (AvgIpc) is 3.01. The van der Waals surface area contributed by atoms with E-state index in [-0.39, 0.29) is 11.9 Å². The fourth-order valence-electron chi connectivity index (χ4n) is 3.34. The fraction of sp³-hybridized carbons (Fsp3) is 0.222. The maximum absolute atomic E-state index is 11.9. The lowest BCUT2D eigenvalue weighted by molar-refractivity contribution is -0.124. The number of hydrogen-bond donors (Lipinski definition) is 2. The van der Waals surface area contributed by atoms with E-state index in [2.05, 4.69) is 39.4 Å². The SMILES string of the molecule is NC(=O)C1Cc2ccccc2CN1Cc1ccc2cn[nH]c2c1. The van der Waals surface area contributed by atoms with Crippen LogP contribution >= 0.6 is 0 Å². The van der Waals surface area contributed by atoms with Crippen molar-refractivity contribution in [2.45, 2.75) is 25.6 Å². The molecule has 2 heterocycles. The molecule has 3 aromatic rings. The molecule has 0 radical (unpaired) electrons. The molecule has 23 heavy (non-hydrogen) atoms. The molecule has 4 rings (SSSR count). The van der Waals surface area contributed by atoms with Crippen molar-refractivity contribution in [2.24, 2.45) is 5.73 Å². The van der Waals surface area contributed by atoms with E-state index in [1.165, 1.54) is 11.1 Å². The Kier molecular flexibility index (Phi) is 3.35. The molecule has 0 saturated heterocycles. The van der Waals surface area contributed by atoms with Gasteiger partial charge in [-0.3, -0.25) is 14.8 Å². The highest BCUT2D eigenvalue weighted by Gasteiger charge is 2.29. The molecule has 1 unspecified atom stereocenters. The molecule has 0 spiro atoms. The van der Waals surface area contributed by atoms with E-state index in [9.17, 15) is 4.79 Å². The van der Waals surface area contributed by atoms with E-state index in [1.54, 1.807) is 0 Å². The predicted octanol–water partition coefficient (Wildman–Crippen LogP) is 1.98. The molecule has 3 N–H and O–H groups in total. The number of primary amides is 1. The first-order valence-electron chi connectivity index (χ1n) is 7.73. The first-order chi connectivity index (χ1) is 11.2. The van der Waals surface area contributed by atoms with Crippen molar-refractivity contribution >= 4 is 16.8 Å². The number of nitrogens with zero attached hydrogens (tertiary/aromatic N) is 2. The van der Waals surface area contributed by atoms with Crippen LogP contribution in [-0.2, 0) is 24.3 Å². The summed E-state index contributed by atoms with van der Waals surface area (Å²) in [5.41, 5.74) is 10.3. The summed E-state index contributed by atoms with van der Waals surface area (Å²) in [7, 11) is 0. The minimum atomic E-state index is -0.262. The molecule has 2 aromatic carbocycles. The lowest BCUT2D eigenvalue weighted by Crippen LogP contribution is -2.48. The van der Waals surface area contributed by atoms with Crippen molar-refractivity contribution in [2.75, 3.05) is 0 Å². The standard InChI is InChI=1S/C18H18N4O/c19-18(23)17-8-13-3-1-2-4-15(13)11-22(17)10-12-5-6-14-9-20-21-16(14)7-12/h1-7,9,17H,8,10-11H2,(H2,19,23)(H,20,21). The van der Waals surface area contributed by atoms with Gasteiger partial charge in [0, 0.05) is 18.5 Å². The molecule has 1 amide bonds. The fourth-order valence-corrected chi connectivity index (χ4v) is 3.34. The van der Waals surface area contributed by atoms with Crippen LogP contribution in [-0.4, -0.2) is 27.0 Å². The first-order valence-corrected chi connectivity index (χ1v) is 7.73. The maximum Gasteiger partial charge on any atom is 0.235 e. The Morgan fingerprint density at radius 3 is 2.91 bits per heavy atom. The zero-order chi connectivity index (χ0) is 15.8. The van der Waals surface area contributed by atoms with Gasteiger partial charge in [-0.1, -0.05) is 36.4 Å². The summed E-state index contributed by atoms with van der Waals surface area (Å²) < 4.78 is 0. The Labute approximate surface area is 134 Å². The van der Waals surface area contributed by atoms with Crippen molar-refractivity contribution in [1.29, 1.82) is 0 Å². The summed E-state index contributed by atoms with van der Waals surface area (Å²) in [4.78, 5) is 14.1. The Hall–Kier alpha value is -2.66. The number of aromatic nitrogens is 2. The lowest BCUT2D eigenvalue weighted by atomic mass is 9.93. The normalized spacial score (nSPS) is 18.0. The second-order valence-corrected chi connectivity index (χ2v) is 6.09. The third kappa shape index (κ3) is 2.59. The molecule has 5 heteroatoms. The number of aromatic amines is 1. The van der Waals surface area contributed by atoms with E-state index in [0.717, 1.165) is 23.0 Å². The molecule has 0 saturated carbocycles. The minimum absolute atomic E-state index is 0.262. The van der Waals surface area contributed by atoms with Crippen LogP contribution in [0.1, 0.15) is 16.7 Å². The quantitative estimate of drug-likeness (QED) is 0.777. The molecule has 1 aromatic heterocycles. The second kappa shape index (κ2) is 5.52. The highest BCUT2D eigenvalue weighted by Crippen LogP contribution is 2.25. The van der Waals surface area contributed by atoms with Crippen LogP contribution in [0.15, 0.2) is 48.7 Å². The summed E-state index contributed by atoms with van der Waals surface area (Å²) >= 11 is 0. The Bertz CT molecular complexity index is 870. The Morgan fingerprint density at radius 2 is 2.09 bits per heavy atom. The summed E-state index contributed by atoms with van der Waals surface area (Å²) in [5.74, 6) is -0.262. The Balaban J connectivity index is 1.64. The largest absolute Gasteiger partial charge is 0.368 e. The topological polar surface area (TPSA) is 75.0 Å². The second-order valence-electron chi connectivity index (χ2n) is 6.09. The third-order valence-corrected chi connectivity index (χ3v) is 4.57. The van der Waals surface area contributed by atoms with Crippen LogP contribution in [0.5, 0.6) is 0 Å². The highest BCUT2D eigenvalue weighted by atomic mass is 16.1. The van der Waals surface area contributed by atoms with Crippen LogP contribution < -0.4 is 5.73 Å². The smallest absolute Gasteiger partial charge is 0.235 e. The van der Waals surface area contributed by atoms with Gasteiger partial charge in [0.1, 0.15) is 0 Å². The molecule has 1 atom stereocenters. The molecule has 1 aliphatic rings. The van der Waals surface area contributed by atoms with Crippen molar-refractivity contribution in [3.05, 3.63) is 65.4 Å². The maximum atomic E-state index is 11.9. The van der Waals surface area contributed by atoms with E-state index < -0.39 is 0 Å². The summed E-state index contributed by atoms with van der Waals surface area (Å²) in [5, 5.41) is 8.12. The predicted molar refractivity (Wildman–Crippen MR) is 88.5 cm³/mol. The van der Waals surface area contributed by atoms with Gasteiger partial charge >= 0.3 is 0 Å². The zero-order valence-corrected chi connectivity index (χ0v) is 12.7. The minimum Gasteiger partial charge on any atom is -0.368 e. The molecule has 0 fully saturated rings. The number of carbonyl (C=O) groups excluding carboxylic acids is 1. The molecule has 0 aliphatic carbocycles. The van der Waals surface area contributed by atoms with Gasteiger partial charge in [-0.2, -0.15) is 5.10 Å². The van der Waals surface area contributed by atoms with Gasteiger partial charge in [-0.25, -0.2) is 0 Å². The van der Waals surface area contributed by atoms with Crippen molar-refractivity contribution in [3.8, 4) is 0 Å². The number of nitrogens with one attached hydrogen (secondary N) is 1. The number of nitrogens with two attached hydrogens (primary N) is 1. The van der Waals surface area contributed by atoms with Gasteiger partial charge in [-0.15, -0.1) is 0 Å². The first kappa shape index (κ1) is 14.0. The number of amides is 1. The molecule has 116 valence electrons. The van der Waals surface area contributed by atoms with Crippen molar-refractivity contribution < 1.29 is 4.79 Å². The molecular weight excluding hydrogens is 288 g/mol. The Morgan fingerprint density at radius 1 is 1.26 bits per heavy atom. The zero-order valence-electron chi connectivity index (χ0n) is 12.7. The van der Waals surface area contributed by atoms with Gasteiger partial charge in [-0.05, 0) is 29.2 Å². The lowest BCUT2D eigenvalue weighted by Gasteiger charge is -2.35. The average molecular weight is 306 g/mol. The molecule has 1 aliphatic heterocycles. The highest BCUT2D eigenvalue weighted by molar-refractivity contribution is 5.81. The number of fused-ring (bicyclic) bond motifs is 2. The van der Waals surface area contributed by atoms with Crippen LogP contribution in [0.3, 0.4) is 0 Å². The molecular formula is C18H18N4O. The van der Waals surface area contributed by atoms with E-state index in [4.69, 9.17) is 5.73 Å². The monoisotopic (exact) mass is 306 g/mol. The van der Waals surface area contributed by atoms with Crippen molar-refractivity contribution in [1.82, 2.24) is 15.1 Å². The van der Waals surface area contributed by atoms with Crippen LogP contribution in [0.2, 0.25) is 0 Å². The van der Waals surface area contributed by atoms with Gasteiger partial charge in [0.15, 0.2) is 0 Å². The van der Waals surface area contributed by atoms with Gasteiger partial charge in [0.05, 0.1) is 17.8 Å². The third-order valence-electron chi connectivity index (χ3n) is 4.57. The van der Waals surface area contributed by atoms with E-state index in [1.807, 2.05) is 24.4 Å². The van der Waals surface area contributed by atoms with Crippen LogP contribution in [0.25, 0.3) is 10.9 Å². The summed E-state index contributed by atoms with van der Waals surface area (Å²) in [6.07, 6.45) is 2.49. The number of rotatable bonds is 3. The number of benzene rings is 2. The number of hydrogen-bond acceptors (Lipinski definition) is 3. The number of H-pyrrole nitrogens is 1. The van der Waals surface area contributed by atoms with E-state index in [0.29, 0.717) is 13.0 Å². The van der Waals surface area contributed by atoms with Gasteiger partial charge in [0.2, 0.25) is 5.91 Å². The summed E-state index contributed by atoms with van der Waals surface area (Å²) in [6.45, 7) is 1.43. The van der Waals surface area contributed by atoms with Crippen LogP contribution in [0.4, 0.5) is 0 Å². The van der Waals surface area contributed by atoms with Crippen LogP contribution in [0, 0.1) is 0 Å². The van der Waals surface area contributed by atoms with Crippen molar-refractivity contribution in [3.63, 3.8) is 0 Å². The van der Waals surface area contributed by atoms with E-state index >= 15 is 0 Å². The summed E-state index contributed by atoms with van der Waals surface area (Å²) in [6, 6.07) is 14.2.